The van der Waals surface area contributed by atoms with Crippen molar-refractivity contribution in [2.24, 2.45) is 5.10 Å². The number of hydrogen-bond acceptors (Lipinski definition) is 5. The summed E-state index contributed by atoms with van der Waals surface area (Å²) in [5, 5.41) is 6.13. The van der Waals surface area contributed by atoms with Gasteiger partial charge >= 0.3 is 0 Å². The fraction of sp³-hybridized carbons (Fsp3) is 0.154. The van der Waals surface area contributed by atoms with Gasteiger partial charge in [-0.15, -0.1) is 11.3 Å². The summed E-state index contributed by atoms with van der Waals surface area (Å²) in [6, 6.07) is 9.81. The zero-order valence-electron chi connectivity index (χ0n) is 9.63. The van der Waals surface area contributed by atoms with Crippen molar-refractivity contribution in [3.8, 4) is 11.5 Å². The summed E-state index contributed by atoms with van der Waals surface area (Å²) in [6.07, 6.45) is 1.76. The minimum absolute atomic E-state index is 0.594. The fourth-order valence-electron chi connectivity index (χ4n) is 1.65. The van der Waals surface area contributed by atoms with E-state index < -0.39 is 0 Å². The Morgan fingerprint density at radius 2 is 2.00 bits per heavy atom. The van der Waals surface area contributed by atoms with Gasteiger partial charge in [0.15, 0.2) is 11.5 Å². The predicted molar refractivity (Wildman–Crippen MR) is 73.0 cm³/mol. The zero-order chi connectivity index (χ0) is 12.2. The lowest BCUT2D eigenvalue weighted by atomic mass is 10.3. The number of hydrazone groups is 1. The molecule has 0 saturated heterocycles. The molecule has 1 N–H and O–H groups in total. The molecule has 0 radical (unpaired) electrons. The average Bonchev–Trinajstić information content (AvgIpc) is 2.84. The van der Waals surface area contributed by atoms with E-state index in [1.54, 1.807) is 17.6 Å². The van der Waals surface area contributed by atoms with Gasteiger partial charge in [0.05, 0.1) is 16.8 Å². The number of ether oxygens (including phenoxy) is 2. The predicted octanol–water partition coefficient (Wildman–Crippen LogP) is 2.97. The molecule has 3 rings (SSSR count). The van der Waals surface area contributed by atoms with E-state index in [4.69, 9.17) is 9.47 Å². The van der Waals surface area contributed by atoms with E-state index in [0.29, 0.717) is 13.2 Å². The van der Waals surface area contributed by atoms with Crippen LogP contribution in [0.5, 0.6) is 11.5 Å². The quantitative estimate of drug-likeness (QED) is 0.681. The van der Waals surface area contributed by atoms with Gasteiger partial charge in [0.1, 0.15) is 13.2 Å². The number of nitrogens with zero attached hydrogens (tertiary/aromatic N) is 1. The zero-order valence-corrected chi connectivity index (χ0v) is 10.4. The average molecular weight is 260 g/mol. The molecule has 0 spiro atoms. The SMILES string of the molecule is C(=NNc1ccccc1)c1scc2c1OCCO2. The summed E-state index contributed by atoms with van der Waals surface area (Å²) in [7, 11) is 0. The first kappa shape index (κ1) is 11.1. The maximum atomic E-state index is 5.56. The Morgan fingerprint density at radius 1 is 1.17 bits per heavy atom. The lowest BCUT2D eigenvalue weighted by Gasteiger charge is -2.14. The Hall–Kier alpha value is -2.01. The Morgan fingerprint density at radius 3 is 2.89 bits per heavy atom. The van der Waals surface area contributed by atoms with Gasteiger partial charge in [-0.3, -0.25) is 5.43 Å². The van der Waals surface area contributed by atoms with Gasteiger partial charge in [0.2, 0.25) is 0 Å². The molecule has 18 heavy (non-hydrogen) atoms. The molecule has 0 amide bonds. The first-order chi connectivity index (χ1) is 8.93. The first-order valence-electron chi connectivity index (χ1n) is 5.65. The largest absolute Gasteiger partial charge is 0.485 e. The van der Waals surface area contributed by atoms with Crippen LogP contribution in [-0.4, -0.2) is 19.4 Å². The highest BCUT2D eigenvalue weighted by Crippen LogP contribution is 2.38. The van der Waals surface area contributed by atoms with Crippen molar-refractivity contribution in [2.75, 3.05) is 18.6 Å². The third-order valence-corrected chi connectivity index (χ3v) is 3.35. The molecule has 0 aliphatic carbocycles. The number of benzene rings is 1. The third kappa shape index (κ3) is 2.31. The molecule has 0 bridgehead atoms. The molecule has 1 aliphatic heterocycles. The fourth-order valence-corrected chi connectivity index (χ4v) is 2.44. The number of rotatable bonds is 3. The van der Waals surface area contributed by atoms with Crippen LogP contribution >= 0.6 is 11.3 Å². The number of hydrogen-bond donors (Lipinski definition) is 1. The van der Waals surface area contributed by atoms with Crippen LogP contribution in [0.15, 0.2) is 40.8 Å². The molecule has 1 aliphatic rings. The summed E-state index contributed by atoms with van der Waals surface area (Å²) in [5.74, 6) is 1.61. The van der Waals surface area contributed by atoms with Crippen molar-refractivity contribution in [2.45, 2.75) is 0 Å². The molecule has 0 saturated carbocycles. The van der Waals surface area contributed by atoms with E-state index in [1.165, 1.54) is 0 Å². The second-order valence-electron chi connectivity index (χ2n) is 3.73. The van der Waals surface area contributed by atoms with Gasteiger partial charge in [0.25, 0.3) is 0 Å². The van der Waals surface area contributed by atoms with Gasteiger partial charge in [-0.1, -0.05) is 18.2 Å². The Bertz CT molecular complexity index is 551. The number of thiophene rings is 1. The number of nitrogens with one attached hydrogen (secondary N) is 1. The van der Waals surface area contributed by atoms with Gasteiger partial charge in [-0.25, -0.2) is 0 Å². The highest BCUT2D eigenvalue weighted by atomic mass is 32.1. The van der Waals surface area contributed by atoms with Crippen LogP contribution < -0.4 is 14.9 Å². The van der Waals surface area contributed by atoms with Crippen LogP contribution in [-0.2, 0) is 0 Å². The summed E-state index contributed by atoms with van der Waals surface area (Å²) >= 11 is 1.56. The Balaban J connectivity index is 1.71. The van der Waals surface area contributed by atoms with Crippen molar-refractivity contribution in [1.82, 2.24) is 0 Å². The third-order valence-electron chi connectivity index (χ3n) is 2.48. The Labute approximate surface area is 109 Å². The summed E-state index contributed by atoms with van der Waals surface area (Å²) in [4.78, 5) is 0.966. The highest BCUT2D eigenvalue weighted by Gasteiger charge is 2.17. The van der Waals surface area contributed by atoms with E-state index in [2.05, 4.69) is 10.5 Å². The molecular formula is C13H12N2O2S. The molecule has 1 aromatic heterocycles. The van der Waals surface area contributed by atoms with E-state index >= 15 is 0 Å². The summed E-state index contributed by atoms with van der Waals surface area (Å²) in [5.41, 5.74) is 3.92. The molecule has 0 atom stereocenters. The number of anilines is 1. The van der Waals surface area contributed by atoms with Crippen molar-refractivity contribution < 1.29 is 9.47 Å². The molecule has 0 fully saturated rings. The molecule has 0 unspecified atom stereocenters. The van der Waals surface area contributed by atoms with E-state index in [0.717, 1.165) is 22.1 Å². The number of fused-ring (bicyclic) bond motifs is 1. The summed E-state index contributed by atoms with van der Waals surface area (Å²) < 4.78 is 11.0. The van der Waals surface area contributed by atoms with Crippen LogP contribution in [0.2, 0.25) is 0 Å². The van der Waals surface area contributed by atoms with Crippen LogP contribution in [0.4, 0.5) is 5.69 Å². The molecule has 92 valence electrons. The lowest BCUT2D eigenvalue weighted by Crippen LogP contribution is -2.14. The minimum Gasteiger partial charge on any atom is -0.485 e. The van der Waals surface area contributed by atoms with Crippen molar-refractivity contribution in [3.05, 3.63) is 40.6 Å². The smallest absolute Gasteiger partial charge is 0.180 e. The lowest BCUT2D eigenvalue weighted by molar-refractivity contribution is 0.173. The maximum absolute atomic E-state index is 5.56. The molecule has 2 aromatic rings. The molecular weight excluding hydrogens is 248 g/mol. The highest BCUT2D eigenvalue weighted by molar-refractivity contribution is 7.12. The first-order valence-corrected chi connectivity index (χ1v) is 6.52. The number of para-hydroxylation sites is 1. The van der Waals surface area contributed by atoms with Gasteiger partial charge < -0.3 is 9.47 Å². The van der Waals surface area contributed by atoms with E-state index in [9.17, 15) is 0 Å². The maximum Gasteiger partial charge on any atom is 0.180 e. The van der Waals surface area contributed by atoms with Crippen LogP contribution in [0.3, 0.4) is 0 Å². The normalized spacial score (nSPS) is 13.8. The van der Waals surface area contributed by atoms with Crippen molar-refractivity contribution >= 4 is 23.2 Å². The summed E-state index contributed by atoms with van der Waals surface area (Å²) in [6.45, 7) is 1.21. The van der Waals surface area contributed by atoms with Crippen LogP contribution in [0, 0.1) is 0 Å². The Kier molecular flexibility index (Phi) is 3.14. The topological polar surface area (TPSA) is 42.9 Å². The minimum atomic E-state index is 0.594. The second-order valence-corrected chi connectivity index (χ2v) is 4.64. The van der Waals surface area contributed by atoms with Crippen LogP contribution in [0.1, 0.15) is 4.88 Å². The van der Waals surface area contributed by atoms with E-state index in [1.807, 2.05) is 35.7 Å². The van der Waals surface area contributed by atoms with Gasteiger partial charge in [0, 0.05) is 5.38 Å². The molecule has 2 heterocycles. The molecule has 4 nitrogen and oxygen atoms in total. The van der Waals surface area contributed by atoms with Gasteiger partial charge in [-0.2, -0.15) is 5.10 Å². The van der Waals surface area contributed by atoms with Crippen molar-refractivity contribution in [1.29, 1.82) is 0 Å². The molecule has 5 heteroatoms. The molecule has 1 aromatic carbocycles. The van der Waals surface area contributed by atoms with E-state index in [-0.39, 0.29) is 0 Å². The standard InChI is InChI=1S/C13H12N2O2S/c1-2-4-10(5-3-1)15-14-8-12-13-11(9-18-12)16-6-7-17-13/h1-5,8-9,15H,6-7H2. The monoisotopic (exact) mass is 260 g/mol. The van der Waals surface area contributed by atoms with Crippen molar-refractivity contribution in [3.63, 3.8) is 0 Å². The van der Waals surface area contributed by atoms with Crippen LogP contribution in [0.25, 0.3) is 0 Å². The second kappa shape index (κ2) is 5.10. The van der Waals surface area contributed by atoms with Gasteiger partial charge in [-0.05, 0) is 12.1 Å².